The number of pyridine rings is 1. The third kappa shape index (κ3) is 5.95. The number of aromatic carboxylic acids is 1. The van der Waals surface area contributed by atoms with Gasteiger partial charge in [0.1, 0.15) is 36.0 Å². The van der Waals surface area contributed by atoms with Crippen LogP contribution in [0.3, 0.4) is 0 Å². The van der Waals surface area contributed by atoms with Crippen molar-refractivity contribution in [1.29, 1.82) is 0 Å². The Balaban J connectivity index is 1.29. The molecule has 5 aromatic rings. The van der Waals surface area contributed by atoms with Gasteiger partial charge in [-0.2, -0.15) is 0 Å². The van der Waals surface area contributed by atoms with Crippen molar-refractivity contribution >= 4 is 22.7 Å². The van der Waals surface area contributed by atoms with Crippen LogP contribution in [-0.2, 0) is 22.5 Å². The summed E-state index contributed by atoms with van der Waals surface area (Å²) in [6, 6.07) is 14.9. The monoisotopic (exact) mass is 614 g/mol. The number of halogens is 3. The summed E-state index contributed by atoms with van der Waals surface area (Å²) in [5.41, 5.74) is 1.49. The summed E-state index contributed by atoms with van der Waals surface area (Å²) >= 11 is 0. The molecule has 228 valence electrons. The fourth-order valence-electron chi connectivity index (χ4n) is 5.37. The van der Waals surface area contributed by atoms with E-state index in [2.05, 4.69) is 14.8 Å². The number of fused-ring (bicyclic) bond motifs is 1. The van der Waals surface area contributed by atoms with E-state index in [0.717, 1.165) is 18.2 Å². The first-order valence-electron chi connectivity index (χ1n) is 13.8. The van der Waals surface area contributed by atoms with Crippen LogP contribution in [0.15, 0.2) is 66.7 Å². The third-order valence-electron chi connectivity index (χ3n) is 7.67. The van der Waals surface area contributed by atoms with Crippen LogP contribution < -0.4 is 4.74 Å². The van der Waals surface area contributed by atoms with E-state index >= 15 is 8.78 Å². The van der Waals surface area contributed by atoms with E-state index in [1.165, 1.54) is 36.4 Å². The van der Waals surface area contributed by atoms with Gasteiger partial charge in [0.2, 0.25) is 5.88 Å². The molecule has 0 saturated carbocycles. The van der Waals surface area contributed by atoms with Gasteiger partial charge in [0, 0.05) is 30.7 Å². The molecular weight excluding hydrogens is 589 g/mol. The minimum atomic E-state index is -1.11. The van der Waals surface area contributed by atoms with E-state index in [9.17, 15) is 14.3 Å². The van der Waals surface area contributed by atoms with Gasteiger partial charge in [0.05, 0.1) is 48.1 Å². The molecule has 0 radical (unpaired) electrons. The summed E-state index contributed by atoms with van der Waals surface area (Å²) < 4.78 is 64.0. The van der Waals surface area contributed by atoms with E-state index in [0.29, 0.717) is 23.5 Å². The first kappa shape index (κ1) is 29.8. The molecule has 2 atom stereocenters. The molecule has 1 aliphatic rings. The highest BCUT2D eigenvalue weighted by atomic mass is 19.1. The lowest BCUT2D eigenvalue weighted by molar-refractivity contribution is 0.0687. The molecule has 1 fully saturated rings. The highest BCUT2D eigenvalue weighted by Gasteiger charge is 2.33. The quantitative estimate of drug-likeness (QED) is 0.189. The van der Waals surface area contributed by atoms with Crippen molar-refractivity contribution in [2.45, 2.75) is 25.2 Å². The number of aromatic nitrogens is 3. The van der Waals surface area contributed by atoms with E-state index in [1.54, 1.807) is 23.8 Å². The number of hydrogen-bond acceptors (Lipinski definition) is 6. The average Bonchev–Trinajstić information content (AvgIpc) is 3.65. The molecule has 12 heteroatoms. The van der Waals surface area contributed by atoms with Crippen molar-refractivity contribution in [2.75, 3.05) is 20.3 Å². The average molecular weight is 615 g/mol. The molecule has 3 aromatic carbocycles. The molecule has 45 heavy (non-hydrogen) atoms. The minimum Gasteiger partial charge on any atom is -0.478 e. The summed E-state index contributed by atoms with van der Waals surface area (Å²) in [4.78, 5) is 23.8. The Morgan fingerprint density at radius 1 is 1.02 bits per heavy atom. The lowest BCUT2D eigenvalue weighted by Crippen LogP contribution is -2.26. The van der Waals surface area contributed by atoms with Crippen molar-refractivity contribution in [3.63, 3.8) is 0 Å². The third-order valence-corrected chi connectivity index (χ3v) is 7.67. The van der Waals surface area contributed by atoms with Gasteiger partial charge in [-0.05, 0) is 48.0 Å². The van der Waals surface area contributed by atoms with Crippen molar-refractivity contribution in [1.82, 2.24) is 14.5 Å². The molecule has 2 unspecified atom stereocenters. The lowest BCUT2D eigenvalue weighted by Gasteiger charge is -2.21. The Hall–Kier alpha value is -5.25. The fraction of sp³-hybridized carbons (Fsp3) is 0.212. The highest BCUT2D eigenvalue weighted by Crippen LogP contribution is 2.32. The molecule has 2 aromatic heterocycles. The zero-order valence-corrected chi connectivity index (χ0v) is 23.8. The van der Waals surface area contributed by atoms with Gasteiger partial charge in [-0.15, -0.1) is 0 Å². The fourth-order valence-corrected chi connectivity index (χ4v) is 5.37. The molecule has 9 nitrogen and oxygen atoms in total. The number of rotatable bonds is 9. The largest absolute Gasteiger partial charge is 0.478 e. The van der Waals surface area contributed by atoms with Crippen LogP contribution >= 0.6 is 0 Å². The first-order chi connectivity index (χ1) is 21.7. The molecule has 3 heterocycles. The maximum atomic E-state index is 15.6. The van der Waals surface area contributed by atoms with Gasteiger partial charge in [-0.3, -0.25) is 0 Å². The van der Waals surface area contributed by atoms with Crippen molar-refractivity contribution in [3.8, 4) is 17.1 Å². The van der Waals surface area contributed by atoms with Crippen molar-refractivity contribution < 1.29 is 37.3 Å². The number of carboxylic acid groups (broad SMARTS) is 1. The molecule has 0 aliphatic carbocycles. The molecule has 1 aliphatic heterocycles. The molecule has 0 spiro atoms. The molecule has 1 N–H and O–H groups in total. The van der Waals surface area contributed by atoms with Gasteiger partial charge in [0.15, 0.2) is 5.69 Å². The van der Waals surface area contributed by atoms with Gasteiger partial charge in [-0.1, -0.05) is 18.2 Å². The number of carboxylic acids is 1. The van der Waals surface area contributed by atoms with Gasteiger partial charge in [0.25, 0.3) is 0 Å². The maximum Gasteiger partial charge on any atom is 0.335 e. The molecule has 0 bridgehead atoms. The smallest absolute Gasteiger partial charge is 0.335 e. The zero-order chi connectivity index (χ0) is 31.7. The number of ether oxygens (including phenoxy) is 3. The van der Waals surface area contributed by atoms with Crippen LogP contribution in [-0.4, -0.2) is 52.0 Å². The molecule has 0 amide bonds. The van der Waals surface area contributed by atoms with Gasteiger partial charge < -0.3 is 23.9 Å². The second-order valence-corrected chi connectivity index (χ2v) is 10.4. The summed E-state index contributed by atoms with van der Waals surface area (Å²) in [7, 11) is 1.54. The van der Waals surface area contributed by atoms with E-state index in [4.69, 9.17) is 20.8 Å². The second kappa shape index (κ2) is 12.4. The summed E-state index contributed by atoms with van der Waals surface area (Å²) in [5, 5.41) is 9.55. The highest BCUT2D eigenvalue weighted by molar-refractivity contribution is 5.92. The van der Waals surface area contributed by atoms with E-state index < -0.39 is 23.4 Å². The minimum absolute atomic E-state index is 0.0323. The van der Waals surface area contributed by atoms with E-state index in [1.807, 2.05) is 0 Å². The van der Waals surface area contributed by atoms with Crippen LogP contribution in [0, 0.1) is 24.0 Å². The van der Waals surface area contributed by atoms with Crippen LogP contribution in [0.4, 0.5) is 18.9 Å². The number of benzene rings is 3. The Labute approximate surface area is 255 Å². The van der Waals surface area contributed by atoms with Crippen LogP contribution in [0.1, 0.15) is 33.4 Å². The standard InChI is InChI=1S/C33H25F3N4O5/c1-37-21-8-6-19(23(34)13-21)15-45-32-5-3-4-26(39-32)22-14-24(35)20(10-25(22)36)12-31-38-27-9-7-18(33(41)42)11-28(27)40(31)29-16-44-17-30(29)43-2/h3-11,13-14,29-30H,12,15-17H2,2H3,(H,41,42). The SMILES string of the molecule is [C-]#[N+]c1ccc(COc2cccc(-c3cc(F)c(Cc4nc5ccc(C(=O)O)cc5n4C4COCC4OC)cc3F)n2)c(F)c1. The summed E-state index contributed by atoms with van der Waals surface area (Å²) in [5.74, 6) is -2.67. The Bertz CT molecular complexity index is 1970. The number of hydrogen-bond donors (Lipinski definition) is 1. The van der Waals surface area contributed by atoms with Crippen LogP contribution in [0.2, 0.25) is 0 Å². The Kier molecular flexibility index (Phi) is 8.21. The van der Waals surface area contributed by atoms with Gasteiger partial charge >= 0.3 is 5.97 Å². The normalized spacial score (nSPS) is 16.2. The van der Waals surface area contributed by atoms with Crippen LogP contribution in [0.5, 0.6) is 5.88 Å². The molecular formula is C33H25F3N4O5. The second-order valence-electron chi connectivity index (χ2n) is 10.4. The molecule has 1 saturated heterocycles. The first-order valence-corrected chi connectivity index (χ1v) is 13.8. The topological polar surface area (TPSA) is 100 Å². The zero-order valence-electron chi connectivity index (χ0n) is 23.8. The van der Waals surface area contributed by atoms with Crippen LogP contribution in [0.25, 0.3) is 27.1 Å². The summed E-state index contributed by atoms with van der Waals surface area (Å²) in [6.45, 7) is 7.39. The van der Waals surface area contributed by atoms with E-state index in [-0.39, 0.29) is 71.3 Å². The summed E-state index contributed by atoms with van der Waals surface area (Å²) in [6.07, 6.45) is -0.449. The number of nitrogens with zero attached hydrogens (tertiary/aromatic N) is 4. The Morgan fingerprint density at radius 2 is 1.84 bits per heavy atom. The van der Waals surface area contributed by atoms with Gasteiger partial charge in [-0.25, -0.2) is 32.8 Å². The number of imidazole rings is 1. The predicted molar refractivity (Wildman–Crippen MR) is 157 cm³/mol. The van der Waals surface area contributed by atoms with Crippen molar-refractivity contribution in [3.05, 3.63) is 118 Å². The predicted octanol–water partition coefficient (Wildman–Crippen LogP) is 6.52. The van der Waals surface area contributed by atoms with Crippen molar-refractivity contribution in [2.24, 2.45) is 0 Å². The maximum absolute atomic E-state index is 15.6. The Morgan fingerprint density at radius 3 is 2.60 bits per heavy atom. The lowest BCUT2D eigenvalue weighted by atomic mass is 10.0. The number of methoxy groups -OCH3 is 1. The molecule has 6 rings (SSSR count). The number of carbonyl (C=O) groups is 1.